The molecule has 0 radical (unpaired) electrons. The number of rotatable bonds is 5. The van der Waals surface area contributed by atoms with Crippen LogP contribution in [0.5, 0.6) is 0 Å². The van der Waals surface area contributed by atoms with Crippen LogP contribution >= 0.6 is 0 Å². The summed E-state index contributed by atoms with van der Waals surface area (Å²) in [4.78, 5) is 6.96. The topological polar surface area (TPSA) is 28.2 Å². The van der Waals surface area contributed by atoms with E-state index in [1.165, 1.54) is 25.2 Å². The molecule has 1 saturated heterocycles. The van der Waals surface area contributed by atoms with Gasteiger partial charge in [0.05, 0.1) is 0 Å². The molecule has 0 aliphatic carbocycles. The Balaban J connectivity index is 1.76. The van der Waals surface area contributed by atoms with Crippen LogP contribution in [0.2, 0.25) is 0 Å². The highest BCUT2D eigenvalue weighted by Gasteiger charge is 2.19. The van der Waals surface area contributed by atoms with Gasteiger partial charge in [0.2, 0.25) is 0 Å². The minimum Gasteiger partial charge on any atom is -0.311 e. The van der Waals surface area contributed by atoms with Crippen molar-refractivity contribution in [1.29, 1.82) is 0 Å². The first-order valence-corrected chi connectivity index (χ1v) is 7.09. The highest BCUT2D eigenvalue weighted by molar-refractivity contribution is 5.03. The van der Waals surface area contributed by atoms with Crippen molar-refractivity contribution in [3.05, 3.63) is 30.1 Å². The summed E-state index contributed by atoms with van der Waals surface area (Å²) in [5.74, 6) is 0.776. The van der Waals surface area contributed by atoms with Gasteiger partial charge in [0.15, 0.2) is 0 Å². The number of hydrogen-bond donors (Lipinski definition) is 1. The second-order valence-electron chi connectivity index (χ2n) is 5.65. The maximum Gasteiger partial charge on any atom is 0.0416 e. The summed E-state index contributed by atoms with van der Waals surface area (Å²) in [5, 5.41) is 3.62. The quantitative estimate of drug-likeness (QED) is 0.862. The normalized spacial score (nSPS) is 21.4. The van der Waals surface area contributed by atoms with Crippen molar-refractivity contribution >= 4 is 0 Å². The molecule has 1 N–H and O–H groups in total. The van der Waals surface area contributed by atoms with Crippen LogP contribution in [0.25, 0.3) is 0 Å². The van der Waals surface area contributed by atoms with E-state index in [-0.39, 0.29) is 0 Å². The Kier molecular flexibility index (Phi) is 5.14. The smallest absolute Gasteiger partial charge is 0.0416 e. The van der Waals surface area contributed by atoms with Crippen LogP contribution in [0.1, 0.15) is 26.0 Å². The summed E-state index contributed by atoms with van der Waals surface area (Å²) < 4.78 is 0. The first kappa shape index (κ1) is 13.5. The van der Waals surface area contributed by atoms with Crippen molar-refractivity contribution in [1.82, 2.24) is 15.2 Å². The Morgan fingerprint density at radius 1 is 1.44 bits per heavy atom. The van der Waals surface area contributed by atoms with Crippen molar-refractivity contribution in [2.75, 3.05) is 26.2 Å². The molecule has 2 rings (SSSR count). The molecule has 1 aromatic heterocycles. The molecule has 1 aliphatic heterocycles. The molecule has 0 saturated carbocycles. The summed E-state index contributed by atoms with van der Waals surface area (Å²) in [6.45, 7) is 9.21. The van der Waals surface area contributed by atoms with E-state index in [0.29, 0.717) is 6.04 Å². The number of piperazine rings is 1. The molecule has 100 valence electrons. The fourth-order valence-corrected chi connectivity index (χ4v) is 2.64. The van der Waals surface area contributed by atoms with Crippen LogP contribution in [-0.4, -0.2) is 42.1 Å². The van der Waals surface area contributed by atoms with E-state index in [1.54, 1.807) is 0 Å². The molecular weight excluding hydrogens is 222 g/mol. The highest BCUT2D eigenvalue weighted by atomic mass is 15.2. The lowest BCUT2D eigenvalue weighted by Gasteiger charge is -2.34. The molecule has 0 bridgehead atoms. The van der Waals surface area contributed by atoms with Crippen LogP contribution in [-0.2, 0) is 6.42 Å². The molecule has 3 heteroatoms. The lowest BCUT2D eigenvalue weighted by Crippen LogP contribution is -2.51. The third-order valence-electron chi connectivity index (χ3n) is 3.51. The SMILES string of the molecule is CC(C)CC1CN(CCc2ccccn2)CCN1. The van der Waals surface area contributed by atoms with E-state index >= 15 is 0 Å². The van der Waals surface area contributed by atoms with Gasteiger partial charge in [-0.05, 0) is 24.5 Å². The van der Waals surface area contributed by atoms with E-state index in [1.807, 2.05) is 12.3 Å². The Bertz CT molecular complexity index is 337. The van der Waals surface area contributed by atoms with Gasteiger partial charge >= 0.3 is 0 Å². The Hall–Kier alpha value is -0.930. The van der Waals surface area contributed by atoms with Crippen molar-refractivity contribution < 1.29 is 0 Å². The van der Waals surface area contributed by atoms with Gasteiger partial charge in [-0.15, -0.1) is 0 Å². The number of aromatic nitrogens is 1. The van der Waals surface area contributed by atoms with Gasteiger partial charge in [-0.25, -0.2) is 0 Å². The molecule has 1 aliphatic rings. The Morgan fingerprint density at radius 2 is 2.33 bits per heavy atom. The van der Waals surface area contributed by atoms with Crippen LogP contribution in [0.4, 0.5) is 0 Å². The average Bonchev–Trinajstić information content (AvgIpc) is 2.37. The van der Waals surface area contributed by atoms with E-state index < -0.39 is 0 Å². The summed E-state index contributed by atoms with van der Waals surface area (Å²) in [7, 11) is 0. The molecule has 3 nitrogen and oxygen atoms in total. The van der Waals surface area contributed by atoms with E-state index in [2.05, 4.69) is 41.2 Å². The van der Waals surface area contributed by atoms with Crippen LogP contribution < -0.4 is 5.32 Å². The highest BCUT2D eigenvalue weighted by Crippen LogP contribution is 2.10. The predicted molar refractivity (Wildman–Crippen MR) is 75.6 cm³/mol. The summed E-state index contributed by atoms with van der Waals surface area (Å²) in [6, 6.07) is 6.84. The Morgan fingerprint density at radius 3 is 3.06 bits per heavy atom. The van der Waals surface area contributed by atoms with Gasteiger partial charge in [-0.3, -0.25) is 4.98 Å². The number of nitrogens with one attached hydrogen (secondary N) is 1. The molecule has 1 atom stereocenters. The molecule has 1 aromatic rings. The predicted octanol–water partition coefficient (Wildman–Crippen LogP) is 1.94. The molecule has 1 unspecified atom stereocenters. The second-order valence-corrected chi connectivity index (χ2v) is 5.65. The third-order valence-corrected chi connectivity index (χ3v) is 3.51. The van der Waals surface area contributed by atoms with Gasteiger partial charge in [0.25, 0.3) is 0 Å². The standard InChI is InChI=1S/C15H25N3/c1-13(2)11-15-12-18(10-8-17-15)9-6-14-5-3-4-7-16-14/h3-5,7,13,15,17H,6,8-12H2,1-2H3. The van der Waals surface area contributed by atoms with E-state index in [4.69, 9.17) is 0 Å². The zero-order chi connectivity index (χ0) is 12.8. The van der Waals surface area contributed by atoms with Crippen LogP contribution in [0.3, 0.4) is 0 Å². The number of nitrogens with zero attached hydrogens (tertiary/aromatic N) is 2. The fourth-order valence-electron chi connectivity index (χ4n) is 2.64. The first-order valence-electron chi connectivity index (χ1n) is 7.09. The largest absolute Gasteiger partial charge is 0.311 e. The molecule has 0 spiro atoms. The van der Waals surface area contributed by atoms with Gasteiger partial charge in [-0.1, -0.05) is 19.9 Å². The van der Waals surface area contributed by atoms with Gasteiger partial charge in [0.1, 0.15) is 0 Å². The van der Waals surface area contributed by atoms with Gasteiger partial charge in [-0.2, -0.15) is 0 Å². The zero-order valence-electron chi connectivity index (χ0n) is 11.6. The van der Waals surface area contributed by atoms with Crippen molar-refractivity contribution in [3.63, 3.8) is 0 Å². The van der Waals surface area contributed by atoms with Gasteiger partial charge < -0.3 is 10.2 Å². The van der Waals surface area contributed by atoms with E-state index in [0.717, 1.165) is 25.4 Å². The first-order chi connectivity index (χ1) is 8.74. The maximum absolute atomic E-state index is 4.39. The van der Waals surface area contributed by atoms with Crippen molar-refractivity contribution in [2.45, 2.75) is 32.7 Å². The van der Waals surface area contributed by atoms with Gasteiger partial charge in [0, 0.05) is 50.5 Å². The fraction of sp³-hybridized carbons (Fsp3) is 0.667. The third kappa shape index (κ3) is 4.39. The second kappa shape index (κ2) is 6.86. The summed E-state index contributed by atoms with van der Waals surface area (Å²) in [6.07, 6.45) is 4.23. The molecule has 2 heterocycles. The Labute approximate surface area is 111 Å². The zero-order valence-corrected chi connectivity index (χ0v) is 11.6. The number of pyridine rings is 1. The maximum atomic E-state index is 4.39. The lowest BCUT2D eigenvalue weighted by atomic mass is 10.0. The lowest BCUT2D eigenvalue weighted by molar-refractivity contribution is 0.188. The molecule has 0 aromatic carbocycles. The monoisotopic (exact) mass is 247 g/mol. The molecule has 18 heavy (non-hydrogen) atoms. The molecule has 1 fully saturated rings. The van der Waals surface area contributed by atoms with Crippen molar-refractivity contribution in [2.24, 2.45) is 5.92 Å². The summed E-state index contributed by atoms with van der Waals surface area (Å²) >= 11 is 0. The van der Waals surface area contributed by atoms with E-state index in [9.17, 15) is 0 Å². The number of hydrogen-bond acceptors (Lipinski definition) is 3. The summed E-state index contributed by atoms with van der Waals surface area (Å²) in [5.41, 5.74) is 1.21. The minimum absolute atomic E-state index is 0.669. The minimum atomic E-state index is 0.669. The van der Waals surface area contributed by atoms with Crippen molar-refractivity contribution in [3.8, 4) is 0 Å². The van der Waals surface area contributed by atoms with Crippen LogP contribution in [0, 0.1) is 5.92 Å². The van der Waals surface area contributed by atoms with Crippen LogP contribution in [0.15, 0.2) is 24.4 Å². The average molecular weight is 247 g/mol. The molecule has 0 amide bonds. The molecular formula is C15H25N3.